The molecule has 5 nitrogen and oxygen atoms in total. The molecule has 154 valence electrons. The maximum Gasteiger partial charge on any atom is 0.317 e. The van der Waals surface area contributed by atoms with E-state index in [-0.39, 0.29) is 17.7 Å². The molecule has 2 amide bonds. The summed E-state index contributed by atoms with van der Waals surface area (Å²) >= 11 is 0. The minimum Gasteiger partial charge on any atom is -0.372 e. The number of piperidine rings is 1. The molecule has 5 heteroatoms. The molecular formula is C24H31N3O2. The lowest BCUT2D eigenvalue weighted by molar-refractivity contribution is 0.0854. The largest absolute Gasteiger partial charge is 0.372 e. The molecule has 0 bridgehead atoms. The van der Waals surface area contributed by atoms with Gasteiger partial charge in [-0.1, -0.05) is 48.5 Å². The highest BCUT2D eigenvalue weighted by Crippen LogP contribution is 2.21. The fraction of sp³-hybridized carbons (Fsp3) is 0.417. The van der Waals surface area contributed by atoms with E-state index in [1.165, 1.54) is 5.69 Å². The van der Waals surface area contributed by atoms with E-state index in [1.54, 1.807) is 0 Å². The number of urea groups is 1. The molecule has 0 radical (unpaired) electrons. The van der Waals surface area contributed by atoms with Crippen molar-refractivity contribution in [3.63, 3.8) is 0 Å². The highest BCUT2D eigenvalue weighted by molar-refractivity contribution is 5.97. The molecule has 1 aliphatic rings. The van der Waals surface area contributed by atoms with Gasteiger partial charge in [0.2, 0.25) is 0 Å². The summed E-state index contributed by atoms with van der Waals surface area (Å²) in [5.41, 5.74) is 1.99. The zero-order valence-electron chi connectivity index (χ0n) is 17.2. The lowest BCUT2D eigenvalue weighted by Crippen LogP contribution is -2.46. The molecule has 0 aromatic heterocycles. The Morgan fingerprint density at radius 1 is 1.00 bits per heavy atom. The van der Waals surface area contributed by atoms with Crippen molar-refractivity contribution in [2.75, 3.05) is 37.6 Å². The summed E-state index contributed by atoms with van der Waals surface area (Å²) < 4.78 is 0. The van der Waals surface area contributed by atoms with Gasteiger partial charge in [0.15, 0.2) is 5.78 Å². The van der Waals surface area contributed by atoms with Gasteiger partial charge in [-0.15, -0.1) is 0 Å². The Morgan fingerprint density at radius 2 is 1.62 bits per heavy atom. The van der Waals surface area contributed by atoms with Gasteiger partial charge in [-0.25, -0.2) is 4.79 Å². The fourth-order valence-electron chi connectivity index (χ4n) is 3.87. The maximum atomic E-state index is 12.6. The van der Waals surface area contributed by atoms with Gasteiger partial charge in [0, 0.05) is 49.9 Å². The second-order valence-corrected chi connectivity index (χ2v) is 7.49. The van der Waals surface area contributed by atoms with Gasteiger partial charge in [-0.2, -0.15) is 0 Å². The summed E-state index contributed by atoms with van der Waals surface area (Å²) in [5, 5.41) is 3.03. The van der Waals surface area contributed by atoms with E-state index < -0.39 is 0 Å². The standard InChI is InChI=1S/C24H31N3O2/c1-2-26(22-12-7-4-8-13-22)17-9-16-25-24(29)27-18-14-21(15-19-27)23(28)20-10-5-3-6-11-20/h3-8,10-13,21H,2,9,14-19H2,1H3,(H,25,29). The first kappa shape index (κ1) is 20.9. The molecule has 1 N–H and O–H groups in total. The SMILES string of the molecule is CCN(CCCNC(=O)N1CCC(C(=O)c2ccccc2)CC1)c1ccccc1. The third-order valence-corrected chi connectivity index (χ3v) is 5.60. The van der Waals surface area contributed by atoms with E-state index >= 15 is 0 Å². The number of hydrogen-bond acceptors (Lipinski definition) is 3. The van der Waals surface area contributed by atoms with Crippen LogP contribution in [0, 0.1) is 5.92 Å². The Labute approximate surface area is 173 Å². The zero-order valence-corrected chi connectivity index (χ0v) is 17.2. The van der Waals surface area contributed by atoms with Crippen LogP contribution in [0.3, 0.4) is 0 Å². The Morgan fingerprint density at radius 3 is 2.24 bits per heavy atom. The van der Waals surface area contributed by atoms with Crippen molar-refractivity contribution in [2.24, 2.45) is 5.92 Å². The maximum absolute atomic E-state index is 12.6. The molecule has 2 aromatic carbocycles. The summed E-state index contributed by atoms with van der Waals surface area (Å²) in [6.07, 6.45) is 2.37. The minimum absolute atomic E-state index is 0.0154. The number of amides is 2. The van der Waals surface area contributed by atoms with Gasteiger partial charge in [0.25, 0.3) is 0 Å². The number of ketones is 1. The smallest absolute Gasteiger partial charge is 0.317 e. The second-order valence-electron chi connectivity index (χ2n) is 7.49. The van der Waals surface area contributed by atoms with E-state index in [9.17, 15) is 9.59 Å². The number of nitrogens with one attached hydrogen (secondary N) is 1. The van der Waals surface area contributed by atoms with Crippen LogP contribution in [0.2, 0.25) is 0 Å². The molecular weight excluding hydrogens is 362 g/mol. The first-order valence-electron chi connectivity index (χ1n) is 10.6. The summed E-state index contributed by atoms with van der Waals surface area (Å²) in [7, 11) is 0. The number of carbonyl (C=O) groups is 2. The predicted octanol–water partition coefficient (Wildman–Crippen LogP) is 4.21. The molecule has 0 saturated carbocycles. The number of rotatable bonds is 8. The number of anilines is 1. The van der Waals surface area contributed by atoms with Crippen molar-refractivity contribution in [1.29, 1.82) is 0 Å². The Hall–Kier alpha value is -2.82. The molecule has 1 fully saturated rings. The average molecular weight is 394 g/mol. The van der Waals surface area contributed by atoms with Crippen molar-refractivity contribution in [3.05, 3.63) is 66.2 Å². The Balaban J connectivity index is 1.37. The van der Waals surface area contributed by atoms with Crippen LogP contribution < -0.4 is 10.2 Å². The summed E-state index contributed by atoms with van der Waals surface area (Å²) in [4.78, 5) is 29.2. The van der Waals surface area contributed by atoms with Crippen LogP contribution in [0.1, 0.15) is 36.5 Å². The fourth-order valence-corrected chi connectivity index (χ4v) is 3.87. The second kappa shape index (κ2) is 10.6. The quantitative estimate of drug-likeness (QED) is 0.540. The topological polar surface area (TPSA) is 52.7 Å². The molecule has 29 heavy (non-hydrogen) atoms. The highest BCUT2D eigenvalue weighted by Gasteiger charge is 2.27. The van der Waals surface area contributed by atoms with E-state index in [4.69, 9.17) is 0 Å². The van der Waals surface area contributed by atoms with Crippen LogP contribution in [0.25, 0.3) is 0 Å². The third kappa shape index (κ3) is 5.83. The predicted molar refractivity (Wildman–Crippen MR) is 117 cm³/mol. The molecule has 3 rings (SSSR count). The van der Waals surface area contributed by atoms with Gasteiger partial charge in [-0.05, 0) is 38.3 Å². The molecule has 0 spiro atoms. The van der Waals surface area contributed by atoms with Crippen LogP contribution in [-0.4, -0.2) is 49.4 Å². The van der Waals surface area contributed by atoms with Crippen LogP contribution in [-0.2, 0) is 0 Å². The van der Waals surface area contributed by atoms with Gasteiger partial charge in [0.05, 0.1) is 0 Å². The van der Waals surface area contributed by atoms with Crippen LogP contribution in [0.4, 0.5) is 10.5 Å². The van der Waals surface area contributed by atoms with E-state index in [1.807, 2.05) is 53.4 Å². The van der Waals surface area contributed by atoms with Crippen LogP contribution in [0.15, 0.2) is 60.7 Å². The molecule has 1 saturated heterocycles. The van der Waals surface area contributed by atoms with Crippen molar-refractivity contribution >= 4 is 17.5 Å². The molecule has 0 unspecified atom stereocenters. The number of benzene rings is 2. The van der Waals surface area contributed by atoms with E-state index in [0.717, 1.165) is 37.9 Å². The van der Waals surface area contributed by atoms with Crippen molar-refractivity contribution in [3.8, 4) is 0 Å². The summed E-state index contributed by atoms with van der Waals surface area (Å²) in [6.45, 7) is 5.94. The van der Waals surface area contributed by atoms with Gasteiger partial charge in [-0.3, -0.25) is 4.79 Å². The molecule has 2 aromatic rings. The van der Waals surface area contributed by atoms with Crippen LogP contribution in [0.5, 0.6) is 0 Å². The number of para-hydroxylation sites is 1. The van der Waals surface area contributed by atoms with Crippen molar-refractivity contribution in [1.82, 2.24) is 10.2 Å². The molecule has 1 heterocycles. The molecule has 0 atom stereocenters. The minimum atomic E-state index is -0.0154. The molecule has 0 aliphatic carbocycles. The first-order valence-corrected chi connectivity index (χ1v) is 10.6. The third-order valence-electron chi connectivity index (χ3n) is 5.60. The van der Waals surface area contributed by atoms with Crippen molar-refractivity contribution in [2.45, 2.75) is 26.2 Å². The Kier molecular flexibility index (Phi) is 7.68. The summed E-state index contributed by atoms with van der Waals surface area (Å²) in [6, 6.07) is 19.8. The van der Waals surface area contributed by atoms with Gasteiger partial charge >= 0.3 is 6.03 Å². The Bertz CT molecular complexity index is 771. The summed E-state index contributed by atoms with van der Waals surface area (Å²) in [5.74, 6) is 0.219. The van der Waals surface area contributed by atoms with E-state index in [0.29, 0.717) is 19.6 Å². The lowest BCUT2D eigenvalue weighted by Gasteiger charge is -2.31. The number of carbonyl (C=O) groups excluding carboxylic acids is 2. The highest BCUT2D eigenvalue weighted by atomic mass is 16.2. The van der Waals surface area contributed by atoms with E-state index in [2.05, 4.69) is 29.3 Å². The molecule has 1 aliphatic heterocycles. The lowest BCUT2D eigenvalue weighted by atomic mass is 9.89. The first-order chi connectivity index (χ1) is 14.2. The normalized spacial score (nSPS) is 14.4. The van der Waals surface area contributed by atoms with Gasteiger partial charge in [0.1, 0.15) is 0 Å². The number of hydrogen-bond donors (Lipinski definition) is 1. The van der Waals surface area contributed by atoms with Crippen LogP contribution >= 0.6 is 0 Å². The monoisotopic (exact) mass is 393 g/mol. The van der Waals surface area contributed by atoms with Crippen molar-refractivity contribution < 1.29 is 9.59 Å². The number of likely N-dealkylation sites (tertiary alicyclic amines) is 1. The zero-order chi connectivity index (χ0) is 20.5. The average Bonchev–Trinajstić information content (AvgIpc) is 2.80. The van der Waals surface area contributed by atoms with Gasteiger partial charge < -0.3 is 15.1 Å². The number of Topliss-reactive ketones (excluding diaryl/α,β-unsaturated/α-hetero) is 1. The number of nitrogens with zero attached hydrogens (tertiary/aromatic N) is 2.